The van der Waals surface area contributed by atoms with Crippen LogP contribution in [0.5, 0.6) is 5.88 Å². The largest absolute Gasteiger partial charge is 0.493 e. The van der Waals surface area contributed by atoms with Crippen molar-refractivity contribution in [1.29, 1.82) is 0 Å². The quantitative estimate of drug-likeness (QED) is 0.144. The second-order valence-electron chi connectivity index (χ2n) is 8.06. The Morgan fingerprint density at radius 1 is 1.06 bits per heavy atom. The number of aromatic hydroxyl groups is 1. The Kier molecular flexibility index (Phi) is 6.68. The molecule has 2 amide bonds. The lowest BCUT2D eigenvalue weighted by Crippen LogP contribution is -2.26. The predicted molar refractivity (Wildman–Crippen MR) is 134 cm³/mol. The van der Waals surface area contributed by atoms with E-state index in [0.717, 1.165) is 11.1 Å². The molecule has 180 valence electrons. The predicted octanol–water partition coefficient (Wildman–Crippen LogP) is 5.48. The van der Waals surface area contributed by atoms with Crippen LogP contribution in [-0.2, 0) is 4.79 Å². The summed E-state index contributed by atoms with van der Waals surface area (Å²) in [7, 11) is 0. The molecule has 3 N–H and O–H groups in total. The summed E-state index contributed by atoms with van der Waals surface area (Å²) < 4.78 is 0. The fraction of sp³-hybridized carbons (Fsp3) is 0.0769. The van der Waals surface area contributed by atoms with Crippen LogP contribution >= 0.6 is 0 Å². The van der Waals surface area contributed by atoms with Crippen LogP contribution in [-0.4, -0.2) is 26.8 Å². The van der Waals surface area contributed by atoms with Gasteiger partial charge in [0.2, 0.25) is 5.88 Å². The van der Waals surface area contributed by atoms with Gasteiger partial charge in [-0.05, 0) is 61.4 Å². The number of rotatable bonds is 6. The first-order valence-electron chi connectivity index (χ1n) is 10.8. The number of hydrogen-bond donors (Lipinski definition) is 3. The number of H-pyrrole nitrogens is 1. The van der Waals surface area contributed by atoms with E-state index < -0.39 is 16.7 Å². The van der Waals surface area contributed by atoms with Gasteiger partial charge in [-0.3, -0.25) is 19.7 Å². The van der Waals surface area contributed by atoms with Crippen LogP contribution < -0.4 is 5.32 Å². The summed E-state index contributed by atoms with van der Waals surface area (Å²) in [6, 6.07) is 17.5. The monoisotopic (exact) mass is 483 g/mol. The van der Waals surface area contributed by atoms with Crippen molar-refractivity contribution >= 4 is 40.2 Å². The van der Waals surface area contributed by atoms with Crippen molar-refractivity contribution in [2.75, 3.05) is 0 Å². The van der Waals surface area contributed by atoms with E-state index in [-0.39, 0.29) is 23.0 Å². The number of azo groups is 1. The van der Waals surface area contributed by atoms with Gasteiger partial charge in [-0.1, -0.05) is 29.8 Å². The lowest BCUT2D eigenvalue weighted by atomic mass is 10.1. The average molecular weight is 483 g/mol. The smallest absolute Gasteiger partial charge is 0.311 e. The van der Waals surface area contributed by atoms with Crippen LogP contribution in [0.2, 0.25) is 0 Å². The number of hydrogen-bond acceptors (Lipinski definition) is 6. The van der Waals surface area contributed by atoms with Gasteiger partial charge in [0, 0.05) is 23.1 Å². The molecular formula is C26H21N5O5. The third kappa shape index (κ3) is 5.17. The minimum Gasteiger partial charge on any atom is -0.493 e. The van der Waals surface area contributed by atoms with Crippen LogP contribution in [0.3, 0.4) is 0 Å². The third-order valence-corrected chi connectivity index (χ3v) is 5.37. The number of benzene rings is 3. The summed E-state index contributed by atoms with van der Waals surface area (Å²) >= 11 is 0. The summed E-state index contributed by atoms with van der Waals surface area (Å²) in [5.41, 5.74) is 3.01. The van der Waals surface area contributed by atoms with Gasteiger partial charge in [0.1, 0.15) is 5.70 Å². The van der Waals surface area contributed by atoms with Gasteiger partial charge in [0.25, 0.3) is 11.6 Å². The first-order chi connectivity index (χ1) is 17.2. The van der Waals surface area contributed by atoms with E-state index in [1.54, 1.807) is 30.3 Å². The molecule has 0 saturated heterocycles. The number of nitro groups is 1. The fourth-order valence-electron chi connectivity index (χ4n) is 3.67. The number of nitrogens with zero attached hydrogens (tertiary/aromatic N) is 3. The normalized spacial score (nSPS) is 11.7. The highest BCUT2D eigenvalue weighted by molar-refractivity contribution is 6.05. The van der Waals surface area contributed by atoms with E-state index in [9.17, 15) is 24.8 Å². The van der Waals surface area contributed by atoms with Gasteiger partial charge in [-0.2, -0.15) is 0 Å². The number of nitro benzene ring substituents is 1. The maximum Gasteiger partial charge on any atom is 0.311 e. The van der Waals surface area contributed by atoms with Crippen LogP contribution in [0, 0.1) is 24.0 Å². The number of aromatic nitrogens is 1. The maximum absolute atomic E-state index is 13.0. The number of carbonyl (C=O) groups is 2. The summed E-state index contributed by atoms with van der Waals surface area (Å²) in [6.07, 6.45) is 1.34. The molecule has 0 aliphatic carbocycles. The van der Waals surface area contributed by atoms with Crippen molar-refractivity contribution in [1.82, 2.24) is 10.3 Å². The van der Waals surface area contributed by atoms with Gasteiger partial charge >= 0.3 is 5.91 Å². The maximum atomic E-state index is 13.0. The third-order valence-electron chi connectivity index (χ3n) is 5.37. The molecule has 10 nitrogen and oxygen atoms in total. The van der Waals surface area contributed by atoms with Crippen molar-refractivity contribution in [3.63, 3.8) is 0 Å². The molecule has 0 atom stereocenters. The summed E-state index contributed by atoms with van der Waals surface area (Å²) in [5.74, 6) is -1.67. The van der Waals surface area contributed by atoms with Gasteiger partial charge in [0.05, 0.1) is 10.4 Å². The van der Waals surface area contributed by atoms with E-state index in [1.807, 2.05) is 26.0 Å². The lowest BCUT2D eigenvalue weighted by molar-refractivity contribution is -0.384. The first-order valence-corrected chi connectivity index (χ1v) is 10.8. The zero-order chi connectivity index (χ0) is 25.8. The Hall–Kier alpha value is -5.12. The average Bonchev–Trinajstić information content (AvgIpc) is 3.18. The highest BCUT2D eigenvalue weighted by atomic mass is 16.6. The number of fused-ring (bicyclic) bond motifs is 1. The second-order valence-corrected chi connectivity index (χ2v) is 8.06. The minimum atomic E-state index is -0.879. The Morgan fingerprint density at radius 2 is 1.75 bits per heavy atom. The van der Waals surface area contributed by atoms with Crippen LogP contribution in [0.25, 0.3) is 17.0 Å². The molecule has 1 aromatic heterocycles. The van der Waals surface area contributed by atoms with Crippen molar-refractivity contribution in [3.8, 4) is 5.88 Å². The molecule has 0 saturated carbocycles. The van der Waals surface area contributed by atoms with Gasteiger partial charge in [-0.25, -0.2) is 0 Å². The van der Waals surface area contributed by atoms with Crippen molar-refractivity contribution in [3.05, 3.63) is 105 Å². The molecule has 10 heteroatoms. The van der Waals surface area contributed by atoms with Crippen molar-refractivity contribution in [2.45, 2.75) is 13.8 Å². The lowest BCUT2D eigenvalue weighted by Gasteiger charge is -2.07. The van der Waals surface area contributed by atoms with E-state index >= 15 is 0 Å². The van der Waals surface area contributed by atoms with E-state index in [0.29, 0.717) is 22.0 Å². The van der Waals surface area contributed by atoms with Crippen molar-refractivity contribution in [2.24, 2.45) is 10.2 Å². The van der Waals surface area contributed by atoms with Gasteiger partial charge < -0.3 is 15.4 Å². The zero-order valence-electron chi connectivity index (χ0n) is 19.4. The molecule has 0 spiro atoms. The molecule has 3 aromatic carbocycles. The summed E-state index contributed by atoms with van der Waals surface area (Å²) in [6.45, 7) is 3.77. The van der Waals surface area contributed by atoms with Crippen molar-refractivity contribution < 1.29 is 19.6 Å². The number of aromatic amines is 1. The molecule has 0 aliphatic rings. The number of carbonyl (C=O) groups excluding carboxylic acids is 2. The van der Waals surface area contributed by atoms with E-state index in [2.05, 4.69) is 20.5 Å². The second kappa shape index (κ2) is 10.0. The van der Waals surface area contributed by atoms with Crippen LogP contribution in [0.15, 0.2) is 82.7 Å². The molecule has 0 unspecified atom stereocenters. The topological polar surface area (TPSA) is 150 Å². The Bertz CT molecular complexity index is 1540. The fourth-order valence-corrected chi connectivity index (χ4v) is 3.67. The standard InChI is InChI=1S/C26H21N5O5/c1-15-12-16(2)22-20(13-15)23(26(34)28-22)29-30-25(33)21(27-24(32)18-6-4-3-5-7-18)14-17-8-10-19(11-9-17)31(35)36/h3-14,28,34H,1-2H3,(H,27,32)/b21-14-,30-29?. The minimum absolute atomic E-state index is 0.0919. The molecule has 4 rings (SSSR count). The summed E-state index contributed by atoms with van der Waals surface area (Å²) in [4.78, 5) is 39.0. The number of nitrogens with one attached hydrogen (secondary N) is 2. The van der Waals surface area contributed by atoms with E-state index in [1.165, 1.54) is 30.3 Å². The number of amides is 2. The molecule has 0 aliphatic heterocycles. The molecule has 0 fully saturated rings. The number of non-ortho nitro benzene ring substituents is 1. The molecule has 4 aromatic rings. The number of aryl methyl sites for hydroxylation is 2. The molecular weight excluding hydrogens is 462 g/mol. The summed E-state index contributed by atoms with van der Waals surface area (Å²) in [5, 5.41) is 32.1. The first kappa shape index (κ1) is 24.0. The van der Waals surface area contributed by atoms with Crippen LogP contribution in [0.4, 0.5) is 11.4 Å². The Morgan fingerprint density at radius 3 is 2.42 bits per heavy atom. The highest BCUT2D eigenvalue weighted by Gasteiger charge is 2.17. The van der Waals surface area contributed by atoms with Crippen LogP contribution in [0.1, 0.15) is 27.0 Å². The van der Waals surface area contributed by atoms with Gasteiger partial charge in [0.15, 0.2) is 5.69 Å². The van der Waals surface area contributed by atoms with Gasteiger partial charge in [-0.15, -0.1) is 10.2 Å². The highest BCUT2D eigenvalue weighted by Crippen LogP contribution is 2.37. The SMILES string of the molecule is Cc1cc(C)c2[nH]c(O)c(N=NC(=O)/C(=C/c3ccc([N+](=O)[O-])cc3)NC(=O)c3ccccc3)c2c1. The molecule has 0 bridgehead atoms. The molecule has 0 radical (unpaired) electrons. The Balaban J connectivity index is 1.69. The Labute approximate surface area is 205 Å². The van der Waals surface area contributed by atoms with E-state index in [4.69, 9.17) is 0 Å². The molecule has 1 heterocycles. The molecule has 36 heavy (non-hydrogen) atoms. The zero-order valence-corrected chi connectivity index (χ0v) is 19.4.